The maximum Gasteiger partial charge on any atom is 0.329 e. The van der Waals surface area contributed by atoms with Gasteiger partial charge in [-0.05, 0) is 6.42 Å². The zero-order chi connectivity index (χ0) is 13.0. The Morgan fingerprint density at radius 2 is 2.56 bits per heavy atom. The van der Waals surface area contributed by atoms with E-state index in [0.717, 1.165) is 19.2 Å². The minimum absolute atomic E-state index is 0.0945. The molecule has 1 aromatic rings. The quantitative estimate of drug-likeness (QED) is 0.570. The van der Waals surface area contributed by atoms with Gasteiger partial charge in [0.25, 0.3) is 0 Å². The summed E-state index contributed by atoms with van der Waals surface area (Å²) in [5.74, 6) is 0.232. The average molecular weight is 255 g/mol. The molecule has 1 aliphatic heterocycles. The van der Waals surface area contributed by atoms with Crippen molar-refractivity contribution in [1.82, 2.24) is 9.97 Å². The van der Waals surface area contributed by atoms with Gasteiger partial charge in [-0.1, -0.05) is 0 Å². The first-order valence-corrected chi connectivity index (χ1v) is 5.39. The fourth-order valence-corrected chi connectivity index (χ4v) is 1.52. The molecular formula is C9H13N5O4. The molecule has 1 saturated heterocycles. The average Bonchev–Trinajstić information content (AvgIpc) is 2.81. The van der Waals surface area contributed by atoms with Crippen LogP contribution in [0.3, 0.4) is 0 Å². The summed E-state index contributed by atoms with van der Waals surface area (Å²) in [6.45, 7) is 1.88. The van der Waals surface area contributed by atoms with Crippen LogP contribution in [-0.2, 0) is 9.57 Å². The molecule has 0 radical (unpaired) electrons. The van der Waals surface area contributed by atoms with Gasteiger partial charge < -0.3 is 10.5 Å². The Kier molecular flexibility index (Phi) is 3.85. The monoisotopic (exact) mass is 255 g/mol. The summed E-state index contributed by atoms with van der Waals surface area (Å²) in [7, 11) is 0. The molecule has 9 nitrogen and oxygen atoms in total. The predicted molar refractivity (Wildman–Crippen MR) is 61.6 cm³/mol. The normalized spacial score (nSPS) is 18.8. The Labute approximate surface area is 102 Å². The van der Waals surface area contributed by atoms with Crippen molar-refractivity contribution in [2.24, 2.45) is 5.92 Å². The Hall–Kier alpha value is -2.00. The molecule has 0 saturated carbocycles. The third kappa shape index (κ3) is 3.02. The van der Waals surface area contributed by atoms with Gasteiger partial charge in [-0.25, -0.2) is 10.5 Å². The minimum Gasteiger partial charge on any atom is -0.381 e. The molecule has 1 atom stereocenters. The van der Waals surface area contributed by atoms with E-state index >= 15 is 0 Å². The van der Waals surface area contributed by atoms with E-state index in [0.29, 0.717) is 19.1 Å². The van der Waals surface area contributed by atoms with Gasteiger partial charge in [-0.2, -0.15) is 4.98 Å². The third-order valence-electron chi connectivity index (χ3n) is 2.50. The molecule has 98 valence electrons. The summed E-state index contributed by atoms with van der Waals surface area (Å²) in [5.41, 5.74) is 7.58. The number of rotatable bonds is 5. The number of hydrogen-bond donors (Lipinski definition) is 2. The highest BCUT2D eigenvalue weighted by Crippen LogP contribution is 2.18. The van der Waals surface area contributed by atoms with Crippen molar-refractivity contribution in [2.75, 3.05) is 31.0 Å². The molecule has 1 fully saturated rings. The lowest BCUT2D eigenvalue weighted by Crippen LogP contribution is -2.14. The van der Waals surface area contributed by atoms with Gasteiger partial charge in [0.05, 0.1) is 18.1 Å². The van der Waals surface area contributed by atoms with Crippen LogP contribution in [0.4, 0.5) is 17.5 Å². The van der Waals surface area contributed by atoms with E-state index < -0.39 is 4.92 Å². The van der Waals surface area contributed by atoms with Gasteiger partial charge in [0.1, 0.15) is 6.20 Å². The van der Waals surface area contributed by atoms with E-state index in [1.807, 2.05) is 0 Å². The number of nitrogens with one attached hydrogen (secondary N) is 1. The van der Waals surface area contributed by atoms with Crippen LogP contribution in [0, 0.1) is 16.0 Å². The van der Waals surface area contributed by atoms with Crippen LogP contribution < -0.4 is 11.2 Å². The molecule has 0 aromatic carbocycles. The first-order valence-electron chi connectivity index (χ1n) is 5.39. The number of aromatic nitrogens is 2. The van der Waals surface area contributed by atoms with Gasteiger partial charge in [0.2, 0.25) is 11.8 Å². The smallest absolute Gasteiger partial charge is 0.329 e. The fraction of sp³-hybridized carbons (Fsp3) is 0.556. The summed E-state index contributed by atoms with van der Waals surface area (Å²) >= 11 is 0. The van der Waals surface area contributed by atoms with Crippen molar-refractivity contribution in [1.29, 1.82) is 0 Å². The lowest BCUT2D eigenvalue weighted by atomic mass is 10.1. The van der Waals surface area contributed by atoms with E-state index in [1.54, 1.807) is 0 Å². The maximum atomic E-state index is 10.5. The van der Waals surface area contributed by atoms with Gasteiger partial charge in [0, 0.05) is 12.5 Å². The van der Waals surface area contributed by atoms with Crippen molar-refractivity contribution in [3.8, 4) is 0 Å². The Morgan fingerprint density at radius 1 is 1.72 bits per heavy atom. The van der Waals surface area contributed by atoms with Crippen LogP contribution in [0.25, 0.3) is 0 Å². The molecule has 18 heavy (non-hydrogen) atoms. The highest BCUT2D eigenvalue weighted by atomic mass is 16.6. The molecule has 1 unspecified atom stereocenters. The standard InChI is InChI=1S/C9H13N5O4/c10-8-7(14(15)16)3-11-9(12-8)13-18-5-6-1-2-17-4-6/h3,6H,1-2,4-5H2,(H3,10,11,12,13). The second-order valence-electron chi connectivity index (χ2n) is 3.86. The molecule has 3 N–H and O–H groups in total. The third-order valence-corrected chi connectivity index (χ3v) is 2.50. The topological polar surface area (TPSA) is 125 Å². The highest BCUT2D eigenvalue weighted by molar-refractivity contribution is 5.52. The number of nitrogen functional groups attached to an aromatic ring is 1. The van der Waals surface area contributed by atoms with E-state index in [1.165, 1.54) is 0 Å². The van der Waals surface area contributed by atoms with E-state index in [2.05, 4.69) is 15.4 Å². The van der Waals surface area contributed by atoms with Crippen LogP contribution in [0.15, 0.2) is 6.20 Å². The lowest BCUT2D eigenvalue weighted by molar-refractivity contribution is -0.384. The summed E-state index contributed by atoms with van der Waals surface area (Å²) in [4.78, 5) is 22.5. The van der Waals surface area contributed by atoms with Crippen LogP contribution in [0.2, 0.25) is 0 Å². The van der Waals surface area contributed by atoms with Crippen molar-refractivity contribution in [2.45, 2.75) is 6.42 Å². The fourth-order valence-electron chi connectivity index (χ4n) is 1.52. The minimum atomic E-state index is -0.643. The molecule has 0 amide bonds. The molecule has 2 rings (SSSR count). The first-order chi connectivity index (χ1) is 8.66. The molecule has 9 heteroatoms. The molecule has 2 heterocycles. The zero-order valence-electron chi connectivity index (χ0n) is 9.54. The summed E-state index contributed by atoms with van der Waals surface area (Å²) in [6, 6.07) is 0. The molecule has 0 bridgehead atoms. The second-order valence-corrected chi connectivity index (χ2v) is 3.86. The van der Waals surface area contributed by atoms with Gasteiger partial charge >= 0.3 is 5.69 Å². The van der Waals surface area contributed by atoms with Gasteiger partial charge in [0.15, 0.2) is 0 Å². The second kappa shape index (κ2) is 5.56. The van der Waals surface area contributed by atoms with Crippen LogP contribution >= 0.6 is 0 Å². The number of nitrogens with two attached hydrogens (primary N) is 1. The molecule has 0 aliphatic carbocycles. The summed E-state index contributed by atoms with van der Waals surface area (Å²) in [6.07, 6.45) is 1.98. The largest absolute Gasteiger partial charge is 0.381 e. The zero-order valence-corrected chi connectivity index (χ0v) is 9.54. The lowest BCUT2D eigenvalue weighted by Gasteiger charge is -2.09. The van der Waals surface area contributed by atoms with E-state index in [9.17, 15) is 10.1 Å². The number of hydrogen-bond acceptors (Lipinski definition) is 8. The molecule has 1 aromatic heterocycles. The molecule has 1 aliphatic rings. The number of anilines is 2. The predicted octanol–water partition coefficient (Wildman–Crippen LogP) is 0.347. The summed E-state index contributed by atoms with van der Waals surface area (Å²) in [5, 5.41) is 10.5. The number of nitro groups is 1. The van der Waals surface area contributed by atoms with Crippen LogP contribution in [0.5, 0.6) is 0 Å². The Morgan fingerprint density at radius 3 is 3.17 bits per heavy atom. The van der Waals surface area contributed by atoms with E-state index in [4.69, 9.17) is 15.3 Å². The van der Waals surface area contributed by atoms with Crippen LogP contribution in [0.1, 0.15) is 6.42 Å². The SMILES string of the molecule is Nc1nc(NOCC2CCOC2)ncc1[N+](=O)[O-]. The highest BCUT2D eigenvalue weighted by Gasteiger charge is 2.17. The number of ether oxygens (including phenoxy) is 1. The van der Waals surface area contributed by atoms with Crippen molar-refractivity contribution in [3.63, 3.8) is 0 Å². The molecular weight excluding hydrogens is 242 g/mol. The van der Waals surface area contributed by atoms with Crippen molar-refractivity contribution >= 4 is 17.5 Å². The van der Waals surface area contributed by atoms with Crippen molar-refractivity contribution in [3.05, 3.63) is 16.3 Å². The maximum absolute atomic E-state index is 10.5. The van der Waals surface area contributed by atoms with Crippen LogP contribution in [-0.4, -0.2) is 34.7 Å². The van der Waals surface area contributed by atoms with E-state index in [-0.39, 0.29) is 17.5 Å². The first kappa shape index (κ1) is 12.5. The number of nitrogens with zero attached hydrogens (tertiary/aromatic N) is 3. The van der Waals surface area contributed by atoms with Gasteiger partial charge in [-0.3, -0.25) is 15.0 Å². The van der Waals surface area contributed by atoms with Gasteiger partial charge in [-0.15, -0.1) is 0 Å². The Bertz CT molecular complexity index is 435. The Balaban J connectivity index is 1.85. The van der Waals surface area contributed by atoms with Crippen molar-refractivity contribution < 1.29 is 14.5 Å². The summed E-state index contributed by atoms with van der Waals surface area (Å²) < 4.78 is 5.19. The molecule has 0 spiro atoms.